The highest BCUT2D eigenvalue weighted by atomic mass is 19.4. The van der Waals surface area contributed by atoms with Crippen LogP contribution in [0.4, 0.5) is 23.2 Å². The van der Waals surface area contributed by atoms with Gasteiger partial charge in [0.25, 0.3) is 0 Å². The second-order valence-corrected chi connectivity index (χ2v) is 4.35. The maximum Gasteiger partial charge on any atom is 0.416 e. The average Bonchev–Trinajstić information content (AvgIpc) is 2.46. The van der Waals surface area contributed by atoms with Crippen molar-refractivity contribution in [1.29, 1.82) is 5.26 Å². The minimum Gasteiger partial charge on any atom is -0.381 e. The van der Waals surface area contributed by atoms with Crippen molar-refractivity contribution in [3.05, 3.63) is 65.0 Å². The van der Waals surface area contributed by atoms with E-state index >= 15 is 0 Å². The zero-order valence-electron chi connectivity index (χ0n) is 10.7. The lowest BCUT2D eigenvalue weighted by Gasteiger charge is -2.10. The molecule has 0 amide bonds. The molecule has 0 unspecified atom stereocenters. The van der Waals surface area contributed by atoms with E-state index in [1.165, 1.54) is 30.3 Å². The van der Waals surface area contributed by atoms with Gasteiger partial charge in [0.15, 0.2) is 0 Å². The summed E-state index contributed by atoms with van der Waals surface area (Å²) in [6.45, 7) is 0.278. The molecule has 0 aliphatic heterocycles. The van der Waals surface area contributed by atoms with Crippen LogP contribution < -0.4 is 5.32 Å². The van der Waals surface area contributed by atoms with Gasteiger partial charge in [0.2, 0.25) is 0 Å². The third-order valence-corrected chi connectivity index (χ3v) is 2.86. The Morgan fingerprint density at radius 1 is 1.05 bits per heavy atom. The molecular formula is C15H10F4N2. The van der Waals surface area contributed by atoms with Crippen LogP contribution in [0.25, 0.3) is 0 Å². The first kappa shape index (κ1) is 14.9. The summed E-state index contributed by atoms with van der Waals surface area (Å²) in [4.78, 5) is 0. The van der Waals surface area contributed by atoms with Crippen LogP contribution in [0.15, 0.2) is 42.5 Å². The maximum atomic E-state index is 13.1. The molecule has 0 atom stereocenters. The van der Waals surface area contributed by atoms with Gasteiger partial charge in [0, 0.05) is 12.2 Å². The Kier molecular flexibility index (Phi) is 4.13. The van der Waals surface area contributed by atoms with E-state index in [4.69, 9.17) is 5.26 Å². The first-order chi connectivity index (χ1) is 9.90. The van der Waals surface area contributed by atoms with Crippen molar-refractivity contribution >= 4 is 5.69 Å². The zero-order chi connectivity index (χ0) is 15.5. The fraction of sp³-hybridized carbons (Fsp3) is 0.133. The standard InChI is InChI=1S/C15H10F4N2/c16-14-6-1-10(7-11(14)8-20)9-21-13-4-2-12(3-5-13)15(17,18)19/h1-7,21H,9H2. The summed E-state index contributed by atoms with van der Waals surface area (Å²) in [5.41, 5.74) is 0.377. The maximum absolute atomic E-state index is 13.1. The van der Waals surface area contributed by atoms with Crippen LogP contribution in [0.3, 0.4) is 0 Å². The number of hydrogen-bond acceptors (Lipinski definition) is 2. The number of nitrogens with one attached hydrogen (secondary N) is 1. The molecule has 0 heterocycles. The van der Waals surface area contributed by atoms with E-state index in [0.29, 0.717) is 11.3 Å². The lowest BCUT2D eigenvalue weighted by Crippen LogP contribution is -2.05. The predicted molar refractivity (Wildman–Crippen MR) is 69.9 cm³/mol. The van der Waals surface area contributed by atoms with Crippen LogP contribution >= 0.6 is 0 Å². The normalized spacial score (nSPS) is 11.0. The van der Waals surface area contributed by atoms with E-state index in [1.54, 1.807) is 6.07 Å². The summed E-state index contributed by atoms with van der Waals surface area (Å²) in [6, 6.07) is 10.4. The van der Waals surface area contributed by atoms with Crippen molar-refractivity contribution in [2.24, 2.45) is 0 Å². The number of hydrogen-bond donors (Lipinski definition) is 1. The molecule has 0 fully saturated rings. The van der Waals surface area contributed by atoms with Gasteiger partial charge in [-0.2, -0.15) is 18.4 Å². The number of benzene rings is 2. The highest BCUT2D eigenvalue weighted by molar-refractivity contribution is 5.46. The fourth-order valence-corrected chi connectivity index (χ4v) is 1.75. The summed E-state index contributed by atoms with van der Waals surface area (Å²) in [7, 11) is 0. The second-order valence-electron chi connectivity index (χ2n) is 4.35. The molecule has 0 aliphatic rings. The van der Waals surface area contributed by atoms with E-state index in [2.05, 4.69) is 5.32 Å². The topological polar surface area (TPSA) is 35.8 Å². The van der Waals surface area contributed by atoms with Gasteiger partial charge in [0.05, 0.1) is 11.1 Å². The summed E-state index contributed by atoms with van der Waals surface area (Å²) in [5, 5.41) is 11.6. The summed E-state index contributed by atoms with van der Waals surface area (Å²) >= 11 is 0. The van der Waals surface area contributed by atoms with Crippen LogP contribution in [0, 0.1) is 17.1 Å². The third-order valence-electron chi connectivity index (χ3n) is 2.86. The van der Waals surface area contributed by atoms with Crippen molar-refractivity contribution in [2.75, 3.05) is 5.32 Å². The third kappa shape index (κ3) is 3.72. The van der Waals surface area contributed by atoms with Crippen LogP contribution in [-0.4, -0.2) is 0 Å². The summed E-state index contributed by atoms with van der Waals surface area (Å²) in [5.74, 6) is -0.601. The van der Waals surface area contributed by atoms with E-state index in [9.17, 15) is 17.6 Å². The number of alkyl halides is 3. The quantitative estimate of drug-likeness (QED) is 0.855. The first-order valence-corrected chi connectivity index (χ1v) is 6.00. The number of nitrogens with zero attached hydrogens (tertiary/aromatic N) is 1. The Labute approximate surface area is 118 Å². The number of anilines is 1. The molecule has 2 aromatic carbocycles. The highest BCUT2D eigenvalue weighted by Gasteiger charge is 2.29. The average molecular weight is 294 g/mol. The molecule has 1 N–H and O–H groups in total. The van der Waals surface area contributed by atoms with Crippen molar-refractivity contribution in [3.8, 4) is 6.07 Å². The molecule has 6 heteroatoms. The molecule has 2 nitrogen and oxygen atoms in total. The lowest BCUT2D eigenvalue weighted by molar-refractivity contribution is -0.137. The van der Waals surface area contributed by atoms with Gasteiger partial charge < -0.3 is 5.32 Å². The molecule has 2 aromatic rings. The van der Waals surface area contributed by atoms with E-state index < -0.39 is 17.6 Å². The molecule has 2 rings (SSSR count). The van der Waals surface area contributed by atoms with Gasteiger partial charge in [-0.05, 0) is 42.0 Å². The van der Waals surface area contributed by atoms with Gasteiger partial charge in [-0.15, -0.1) is 0 Å². The van der Waals surface area contributed by atoms with E-state index in [-0.39, 0.29) is 12.1 Å². The van der Waals surface area contributed by atoms with Crippen LogP contribution in [0.1, 0.15) is 16.7 Å². The Morgan fingerprint density at radius 3 is 2.29 bits per heavy atom. The SMILES string of the molecule is N#Cc1cc(CNc2ccc(C(F)(F)F)cc2)ccc1F. The van der Waals surface area contributed by atoms with Crippen molar-refractivity contribution in [3.63, 3.8) is 0 Å². The summed E-state index contributed by atoms with van der Waals surface area (Å²) < 4.78 is 50.4. The van der Waals surface area contributed by atoms with Gasteiger partial charge in [-0.3, -0.25) is 0 Å². The smallest absolute Gasteiger partial charge is 0.381 e. The number of rotatable bonds is 3. The molecule has 0 bridgehead atoms. The number of halogens is 4. The zero-order valence-corrected chi connectivity index (χ0v) is 10.7. The monoisotopic (exact) mass is 294 g/mol. The molecular weight excluding hydrogens is 284 g/mol. The van der Waals surface area contributed by atoms with Crippen LogP contribution in [-0.2, 0) is 12.7 Å². The molecule has 21 heavy (non-hydrogen) atoms. The Balaban J connectivity index is 2.05. The van der Waals surface area contributed by atoms with Gasteiger partial charge in [0.1, 0.15) is 11.9 Å². The Hall–Kier alpha value is -2.55. The molecule has 0 spiro atoms. The molecule has 0 saturated carbocycles. The Bertz CT molecular complexity index is 670. The second kappa shape index (κ2) is 5.83. The Morgan fingerprint density at radius 2 is 1.71 bits per heavy atom. The molecule has 108 valence electrons. The van der Waals surface area contributed by atoms with E-state index in [1.807, 2.05) is 0 Å². The predicted octanol–water partition coefficient (Wildman–Crippen LogP) is 4.33. The fourth-order valence-electron chi connectivity index (χ4n) is 1.75. The van der Waals surface area contributed by atoms with E-state index in [0.717, 1.165) is 12.1 Å². The lowest BCUT2D eigenvalue weighted by atomic mass is 10.1. The summed E-state index contributed by atoms with van der Waals surface area (Å²) in [6.07, 6.45) is -4.36. The van der Waals surface area contributed by atoms with Gasteiger partial charge in [-0.1, -0.05) is 6.07 Å². The molecule has 0 saturated heterocycles. The number of nitriles is 1. The largest absolute Gasteiger partial charge is 0.416 e. The minimum atomic E-state index is -4.36. The van der Waals surface area contributed by atoms with Gasteiger partial charge >= 0.3 is 6.18 Å². The molecule has 0 aromatic heterocycles. The minimum absolute atomic E-state index is 0.0679. The molecule has 0 radical (unpaired) electrons. The molecule has 0 aliphatic carbocycles. The van der Waals surface area contributed by atoms with Crippen molar-refractivity contribution < 1.29 is 17.6 Å². The van der Waals surface area contributed by atoms with Crippen LogP contribution in [0.5, 0.6) is 0 Å². The van der Waals surface area contributed by atoms with Gasteiger partial charge in [-0.25, -0.2) is 4.39 Å². The van der Waals surface area contributed by atoms with Crippen molar-refractivity contribution in [1.82, 2.24) is 0 Å². The first-order valence-electron chi connectivity index (χ1n) is 6.00. The van der Waals surface area contributed by atoms with Crippen LogP contribution in [0.2, 0.25) is 0 Å². The van der Waals surface area contributed by atoms with Crippen molar-refractivity contribution in [2.45, 2.75) is 12.7 Å². The highest BCUT2D eigenvalue weighted by Crippen LogP contribution is 2.29.